The van der Waals surface area contributed by atoms with Crippen molar-refractivity contribution < 1.29 is 28.6 Å². The Morgan fingerprint density at radius 1 is 0.972 bits per heavy atom. The molecule has 2 N–H and O–H groups in total. The molecule has 36 heavy (non-hydrogen) atoms. The van der Waals surface area contributed by atoms with Gasteiger partial charge in [-0.1, -0.05) is 29.8 Å². The minimum atomic E-state index is -0.786. The number of aliphatic carboxylic acids is 1. The molecule has 1 saturated carbocycles. The number of nitrogens with one attached hydrogen (secondary N) is 1. The number of carbonyl (C=O) groups is 3. The number of fused-ring (bicyclic) bond motifs is 1. The van der Waals surface area contributed by atoms with E-state index in [-0.39, 0.29) is 35.7 Å². The molecule has 0 bridgehead atoms. The summed E-state index contributed by atoms with van der Waals surface area (Å²) in [6.45, 7) is 2.32. The summed E-state index contributed by atoms with van der Waals surface area (Å²) >= 11 is 0. The van der Waals surface area contributed by atoms with Crippen molar-refractivity contribution in [1.82, 2.24) is 5.32 Å². The maximum atomic E-state index is 14.6. The lowest BCUT2D eigenvalue weighted by molar-refractivity contribution is -0.143. The predicted octanol–water partition coefficient (Wildman–Crippen LogP) is 5.70. The maximum absolute atomic E-state index is 14.6. The molecule has 188 valence electrons. The summed E-state index contributed by atoms with van der Waals surface area (Å²) in [5, 5.41) is 14.0. The first-order valence-corrected chi connectivity index (χ1v) is 12.3. The molecule has 0 atom stereocenters. The number of amides is 1. The van der Waals surface area contributed by atoms with Gasteiger partial charge in [0.2, 0.25) is 0 Å². The van der Waals surface area contributed by atoms with Gasteiger partial charge in [0.25, 0.3) is 5.91 Å². The second-order valence-corrected chi connectivity index (χ2v) is 9.42. The zero-order chi connectivity index (χ0) is 25.7. The highest BCUT2D eigenvalue weighted by Crippen LogP contribution is 2.29. The fourth-order valence-electron chi connectivity index (χ4n) is 4.61. The van der Waals surface area contributed by atoms with E-state index in [4.69, 9.17) is 9.84 Å². The van der Waals surface area contributed by atoms with Gasteiger partial charge in [-0.05, 0) is 74.1 Å². The largest absolute Gasteiger partial charge is 0.490 e. The third-order valence-corrected chi connectivity index (χ3v) is 6.69. The van der Waals surface area contributed by atoms with Crippen molar-refractivity contribution in [3.05, 3.63) is 77.1 Å². The molecule has 1 amide bonds. The minimum Gasteiger partial charge on any atom is -0.490 e. The molecule has 3 aromatic carbocycles. The number of Topliss-reactive ketones (excluding diaryl/α,β-unsaturated/α-hetero) is 1. The van der Waals surface area contributed by atoms with Crippen LogP contribution in [0.3, 0.4) is 0 Å². The van der Waals surface area contributed by atoms with Crippen LogP contribution >= 0.6 is 0 Å². The van der Waals surface area contributed by atoms with Gasteiger partial charge in [-0.3, -0.25) is 14.4 Å². The van der Waals surface area contributed by atoms with Gasteiger partial charge in [-0.2, -0.15) is 0 Å². The van der Waals surface area contributed by atoms with E-state index in [9.17, 15) is 18.8 Å². The molecular formula is C29H30FNO5. The maximum Gasteiger partial charge on any atom is 0.306 e. The van der Waals surface area contributed by atoms with Gasteiger partial charge in [0, 0.05) is 24.6 Å². The molecule has 0 spiro atoms. The number of aryl methyl sites for hydroxylation is 1. The van der Waals surface area contributed by atoms with Gasteiger partial charge in [0.05, 0.1) is 17.6 Å². The highest BCUT2D eigenvalue weighted by Gasteiger charge is 2.27. The van der Waals surface area contributed by atoms with Gasteiger partial charge in [-0.15, -0.1) is 0 Å². The number of ether oxygens (including phenoxy) is 1. The minimum absolute atomic E-state index is 0.00640. The van der Waals surface area contributed by atoms with Crippen molar-refractivity contribution in [2.75, 3.05) is 6.54 Å². The monoisotopic (exact) mass is 491 g/mol. The average molecular weight is 492 g/mol. The van der Waals surface area contributed by atoms with E-state index in [0.29, 0.717) is 50.0 Å². The summed E-state index contributed by atoms with van der Waals surface area (Å²) in [5.41, 5.74) is 1.70. The Balaban J connectivity index is 1.24. The number of carboxylic acids is 1. The molecular weight excluding hydrogens is 461 g/mol. The Kier molecular flexibility index (Phi) is 7.98. The van der Waals surface area contributed by atoms with Crippen LogP contribution in [0.1, 0.15) is 64.8 Å². The topological polar surface area (TPSA) is 92.7 Å². The number of carboxylic acid groups (broad SMARTS) is 1. The Morgan fingerprint density at radius 2 is 1.69 bits per heavy atom. The van der Waals surface area contributed by atoms with Gasteiger partial charge in [0.15, 0.2) is 5.78 Å². The van der Waals surface area contributed by atoms with Crippen molar-refractivity contribution in [1.29, 1.82) is 0 Å². The number of rotatable bonds is 9. The molecule has 0 aliphatic heterocycles. The lowest BCUT2D eigenvalue weighted by Gasteiger charge is -2.26. The van der Waals surface area contributed by atoms with Crippen LogP contribution < -0.4 is 10.1 Å². The fraction of sp³-hybridized carbons (Fsp3) is 0.345. The van der Waals surface area contributed by atoms with Gasteiger partial charge < -0.3 is 15.2 Å². The van der Waals surface area contributed by atoms with Crippen molar-refractivity contribution >= 4 is 28.4 Å². The normalized spacial score (nSPS) is 17.5. The van der Waals surface area contributed by atoms with Crippen LogP contribution in [-0.2, 0) is 4.79 Å². The Labute approximate surface area is 209 Å². The number of hydrogen-bond donors (Lipinski definition) is 2. The van der Waals surface area contributed by atoms with Gasteiger partial charge in [-0.25, -0.2) is 4.39 Å². The van der Waals surface area contributed by atoms with E-state index in [2.05, 4.69) is 11.4 Å². The molecule has 1 aliphatic carbocycles. The number of benzene rings is 3. The predicted molar refractivity (Wildman–Crippen MR) is 135 cm³/mol. The van der Waals surface area contributed by atoms with E-state index in [0.717, 1.165) is 16.3 Å². The Morgan fingerprint density at radius 3 is 2.42 bits per heavy atom. The van der Waals surface area contributed by atoms with Crippen LogP contribution in [0.4, 0.5) is 4.39 Å². The molecule has 4 rings (SSSR count). The molecule has 1 aliphatic rings. The Hall–Kier alpha value is -3.74. The molecule has 7 heteroatoms. The average Bonchev–Trinajstić information content (AvgIpc) is 2.86. The van der Waals surface area contributed by atoms with Crippen LogP contribution in [-0.4, -0.2) is 35.4 Å². The van der Waals surface area contributed by atoms with Crippen molar-refractivity contribution in [2.45, 2.75) is 51.6 Å². The molecule has 0 aromatic heterocycles. The molecule has 0 unspecified atom stereocenters. The number of hydrogen-bond acceptors (Lipinski definition) is 4. The summed E-state index contributed by atoms with van der Waals surface area (Å²) in [7, 11) is 0. The second-order valence-electron chi connectivity index (χ2n) is 9.42. The SMILES string of the molecule is Cc1ccc2cc(C(=O)NCCCC(=O)c3ccc(OC4CCC(C(=O)O)CC4)cc3F)ccc2c1. The van der Waals surface area contributed by atoms with Crippen LogP contribution in [0.25, 0.3) is 10.8 Å². The van der Waals surface area contributed by atoms with Crippen LogP contribution in [0.2, 0.25) is 0 Å². The van der Waals surface area contributed by atoms with Crippen LogP contribution in [0.15, 0.2) is 54.6 Å². The number of carbonyl (C=O) groups excluding carboxylic acids is 2. The van der Waals surface area contributed by atoms with Crippen LogP contribution in [0, 0.1) is 18.7 Å². The molecule has 0 saturated heterocycles. The first kappa shape index (κ1) is 25.4. The van der Waals surface area contributed by atoms with E-state index < -0.39 is 11.8 Å². The first-order chi connectivity index (χ1) is 17.3. The van der Waals surface area contributed by atoms with E-state index >= 15 is 0 Å². The zero-order valence-corrected chi connectivity index (χ0v) is 20.3. The highest BCUT2D eigenvalue weighted by atomic mass is 19.1. The first-order valence-electron chi connectivity index (χ1n) is 12.3. The van der Waals surface area contributed by atoms with Gasteiger partial charge >= 0.3 is 5.97 Å². The number of halogens is 1. The smallest absolute Gasteiger partial charge is 0.306 e. The highest BCUT2D eigenvalue weighted by molar-refractivity contribution is 5.99. The third kappa shape index (κ3) is 6.27. The standard InChI is InChI=1S/C29H30FNO5/c1-18-4-5-21-16-22(7-6-20(21)15-18)28(33)31-14-2-3-27(32)25-13-12-24(17-26(25)30)36-23-10-8-19(9-11-23)29(34)35/h4-7,12-13,15-17,19,23H,2-3,8-11,14H2,1H3,(H,31,33)(H,34,35). The zero-order valence-electron chi connectivity index (χ0n) is 20.3. The van der Waals surface area contributed by atoms with E-state index in [1.165, 1.54) is 12.1 Å². The summed E-state index contributed by atoms with van der Waals surface area (Å²) < 4.78 is 20.4. The van der Waals surface area contributed by atoms with Crippen molar-refractivity contribution in [3.63, 3.8) is 0 Å². The second kappa shape index (κ2) is 11.3. The Bertz CT molecular complexity index is 1280. The number of ketones is 1. The molecule has 3 aromatic rings. The van der Waals surface area contributed by atoms with Gasteiger partial charge in [0.1, 0.15) is 11.6 Å². The molecule has 1 fully saturated rings. The van der Waals surface area contributed by atoms with Crippen LogP contribution in [0.5, 0.6) is 5.75 Å². The summed E-state index contributed by atoms with van der Waals surface area (Å²) in [5.74, 6) is -1.99. The molecule has 0 radical (unpaired) electrons. The lowest BCUT2D eigenvalue weighted by Crippen LogP contribution is -2.27. The summed E-state index contributed by atoms with van der Waals surface area (Å²) in [6, 6.07) is 15.8. The lowest BCUT2D eigenvalue weighted by atomic mass is 9.87. The van der Waals surface area contributed by atoms with E-state index in [1.807, 2.05) is 31.2 Å². The third-order valence-electron chi connectivity index (χ3n) is 6.69. The van der Waals surface area contributed by atoms with E-state index in [1.54, 1.807) is 12.1 Å². The quantitative estimate of drug-likeness (QED) is 0.296. The summed E-state index contributed by atoms with van der Waals surface area (Å²) in [6.07, 6.45) is 2.62. The fourth-order valence-corrected chi connectivity index (χ4v) is 4.61. The van der Waals surface area contributed by atoms with Crippen molar-refractivity contribution in [3.8, 4) is 5.75 Å². The molecule has 0 heterocycles. The summed E-state index contributed by atoms with van der Waals surface area (Å²) in [4.78, 5) is 36.1. The molecule has 6 nitrogen and oxygen atoms in total. The van der Waals surface area contributed by atoms with Crippen molar-refractivity contribution in [2.24, 2.45) is 5.92 Å².